The van der Waals surface area contributed by atoms with Gasteiger partial charge in [-0.2, -0.15) is 5.10 Å². The van der Waals surface area contributed by atoms with E-state index in [4.69, 9.17) is 18.0 Å². The SMILES string of the molecule is CC(CC(N)=O)n1c(-c2ccncc2)n[nH]c1=S. The summed E-state index contributed by atoms with van der Waals surface area (Å²) in [5, 5.41) is 6.91. The molecule has 1 atom stereocenters. The molecule has 3 N–H and O–H groups in total. The maximum Gasteiger partial charge on any atom is 0.219 e. The van der Waals surface area contributed by atoms with Crippen molar-refractivity contribution >= 4 is 18.1 Å². The zero-order valence-corrected chi connectivity index (χ0v) is 10.6. The van der Waals surface area contributed by atoms with Crippen LogP contribution >= 0.6 is 12.2 Å². The molecule has 2 aromatic heterocycles. The number of nitrogens with one attached hydrogen (secondary N) is 1. The van der Waals surface area contributed by atoms with E-state index in [1.807, 2.05) is 19.1 Å². The second-order valence-electron chi connectivity index (χ2n) is 3.98. The van der Waals surface area contributed by atoms with Gasteiger partial charge in [-0.3, -0.25) is 19.4 Å². The van der Waals surface area contributed by atoms with Crippen molar-refractivity contribution < 1.29 is 4.79 Å². The molecular formula is C11H13N5OS. The van der Waals surface area contributed by atoms with Gasteiger partial charge < -0.3 is 5.73 Å². The normalized spacial score (nSPS) is 12.3. The first-order valence-corrected chi connectivity index (χ1v) is 5.86. The number of nitrogens with two attached hydrogens (primary N) is 1. The number of hydrogen-bond acceptors (Lipinski definition) is 4. The van der Waals surface area contributed by atoms with E-state index >= 15 is 0 Å². The van der Waals surface area contributed by atoms with Crippen LogP contribution in [0.3, 0.4) is 0 Å². The zero-order chi connectivity index (χ0) is 13.1. The fraction of sp³-hybridized carbons (Fsp3) is 0.273. The molecular weight excluding hydrogens is 250 g/mol. The van der Waals surface area contributed by atoms with Crippen molar-refractivity contribution in [3.8, 4) is 11.4 Å². The standard InChI is InChI=1S/C11H13N5OS/c1-7(6-9(12)17)16-10(14-15-11(16)18)8-2-4-13-5-3-8/h2-5,7H,6H2,1H3,(H2,12,17)(H,15,18). The fourth-order valence-corrected chi connectivity index (χ4v) is 2.11. The van der Waals surface area contributed by atoms with Crippen molar-refractivity contribution in [2.24, 2.45) is 5.73 Å². The molecule has 7 heteroatoms. The molecule has 18 heavy (non-hydrogen) atoms. The van der Waals surface area contributed by atoms with E-state index in [1.165, 1.54) is 0 Å². The van der Waals surface area contributed by atoms with E-state index in [0.717, 1.165) is 5.56 Å². The van der Waals surface area contributed by atoms with Crippen LogP contribution in [0.15, 0.2) is 24.5 Å². The van der Waals surface area contributed by atoms with Crippen LogP contribution in [0.5, 0.6) is 0 Å². The first-order chi connectivity index (χ1) is 8.59. The molecule has 2 heterocycles. The third-order valence-electron chi connectivity index (χ3n) is 2.58. The smallest absolute Gasteiger partial charge is 0.219 e. The lowest BCUT2D eigenvalue weighted by Gasteiger charge is -2.13. The molecule has 94 valence electrons. The zero-order valence-electron chi connectivity index (χ0n) is 9.83. The summed E-state index contributed by atoms with van der Waals surface area (Å²) >= 11 is 5.18. The Morgan fingerprint density at radius 2 is 2.22 bits per heavy atom. The van der Waals surface area contributed by atoms with Crippen molar-refractivity contribution in [1.82, 2.24) is 19.7 Å². The Bertz CT molecular complexity index is 603. The highest BCUT2D eigenvalue weighted by molar-refractivity contribution is 7.71. The lowest BCUT2D eigenvalue weighted by Crippen LogP contribution is -2.18. The number of pyridine rings is 1. The molecule has 0 saturated carbocycles. The number of hydrogen-bond donors (Lipinski definition) is 2. The predicted molar refractivity (Wildman–Crippen MR) is 69.2 cm³/mol. The predicted octanol–water partition coefficient (Wildman–Crippen LogP) is 1.44. The van der Waals surface area contributed by atoms with Crippen molar-refractivity contribution in [2.45, 2.75) is 19.4 Å². The minimum Gasteiger partial charge on any atom is -0.370 e. The maximum atomic E-state index is 11.0. The number of rotatable bonds is 4. The van der Waals surface area contributed by atoms with Gasteiger partial charge in [0, 0.05) is 30.4 Å². The molecule has 0 aliphatic rings. The molecule has 2 aromatic rings. The molecule has 0 saturated heterocycles. The summed E-state index contributed by atoms with van der Waals surface area (Å²) in [4.78, 5) is 15.0. The number of primary amides is 1. The Hall–Kier alpha value is -2.02. The molecule has 0 aliphatic heterocycles. The third kappa shape index (κ3) is 2.45. The van der Waals surface area contributed by atoms with E-state index in [-0.39, 0.29) is 18.4 Å². The third-order valence-corrected chi connectivity index (χ3v) is 2.87. The molecule has 2 rings (SSSR count). The van der Waals surface area contributed by atoms with Gasteiger partial charge in [-0.1, -0.05) is 0 Å². The Labute approximate surface area is 109 Å². The van der Waals surface area contributed by atoms with Gasteiger partial charge in [-0.25, -0.2) is 0 Å². The summed E-state index contributed by atoms with van der Waals surface area (Å²) in [5.41, 5.74) is 6.09. The molecule has 0 aromatic carbocycles. The Balaban J connectivity index is 2.45. The molecule has 0 bridgehead atoms. The van der Waals surface area contributed by atoms with Crippen molar-refractivity contribution in [3.63, 3.8) is 0 Å². The molecule has 0 spiro atoms. The van der Waals surface area contributed by atoms with Gasteiger partial charge in [0.15, 0.2) is 10.6 Å². The van der Waals surface area contributed by atoms with Crippen LogP contribution in [-0.2, 0) is 4.79 Å². The molecule has 6 nitrogen and oxygen atoms in total. The topological polar surface area (TPSA) is 89.6 Å². The van der Waals surface area contributed by atoms with Gasteiger partial charge in [0.1, 0.15) is 0 Å². The summed E-state index contributed by atoms with van der Waals surface area (Å²) in [6, 6.07) is 3.52. The lowest BCUT2D eigenvalue weighted by atomic mass is 10.2. The number of aromatic nitrogens is 4. The van der Waals surface area contributed by atoms with E-state index in [2.05, 4.69) is 15.2 Å². The van der Waals surface area contributed by atoms with Gasteiger partial charge >= 0.3 is 0 Å². The average Bonchev–Trinajstić information content (AvgIpc) is 2.71. The first-order valence-electron chi connectivity index (χ1n) is 5.45. The Morgan fingerprint density at radius 3 is 2.83 bits per heavy atom. The summed E-state index contributed by atoms with van der Waals surface area (Å²) < 4.78 is 2.26. The van der Waals surface area contributed by atoms with Crippen LogP contribution < -0.4 is 5.73 Å². The second kappa shape index (κ2) is 5.09. The van der Waals surface area contributed by atoms with Crippen LogP contribution in [0.25, 0.3) is 11.4 Å². The van der Waals surface area contributed by atoms with Gasteiger partial charge in [0.25, 0.3) is 0 Å². The fourth-order valence-electron chi connectivity index (χ4n) is 1.80. The van der Waals surface area contributed by atoms with Gasteiger partial charge in [-0.15, -0.1) is 0 Å². The van der Waals surface area contributed by atoms with Crippen LogP contribution in [0.1, 0.15) is 19.4 Å². The quantitative estimate of drug-likeness (QED) is 0.817. The number of amides is 1. The number of H-pyrrole nitrogens is 1. The van der Waals surface area contributed by atoms with Crippen molar-refractivity contribution in [2.75, 3.05) is 0 Å². The number of nitrogens with zero attached hydrogens (tertiary/aromatic N) is 3. The van der Waals surface area contributed by atoms with E-state index in [1.54, 1.807) is 17.0 Å². The first kappa shape index (κ1) is 12.4. The highest BCUT2D eigenvalue weighted by Gasteiger charge is 2.15. The Morgan fingerprint density at radius 1 is 1.56 bits per heavy atom. The maximum absolute atomic E-state index is 11.0. The average molecular weight is 263 g/mol. The molecule has 0 fully saturated rings. The monoisotopic (exact) mass is 263 g/mol. The van der Waals surface area contributed by atoms with E-state index in [9.17, 15) is 4.79 Å². The molecule has 0 aliphatic carbocycles. The highest BCUT2D eigenvalue weighted by Crippen LogP contribution is 2.21. The van der Waals surface area contributed by atoms with Crippen LogP contribution in [0.2, 0.25) is 0 Å². The summed E-state index contributed by atoms with van der Waals surface area (Å²) in [5.74, 6) is 0.308. The van der Waals surface area contributed by atoms with E-state index < -0.39 is 0 Å². The number of carbonyl (C=O) groups is 1. The number of aromatic amines is 1. The molecule has 1 amide bonds. The van der Waals surface area contributed by atoms with E-state index in [0.29, 0.717) is 10.6 Å². The largest absolute Gasteiger partial charge is 0.370 e. The van der Waals surface area contributed by atoms with Crippen LogP contribution in [-0.4, -0.2) is 25.7 Å². The minimum absolute atomic E-state index is 0.142. The van der Waals surface area contributed by atoms with Crippen molar-refractivity contribution in [1.29, 1.82) is 0 Å². The highest BCUT2D eigenvalue weighted by atomic mass is 32.1. The van der Waals surface area contributed by atoms with Gasteiger partial charge in [0.2, 0.25) is 5.91 Å². The number of carbonyl (C=O) groups excluding carboxylic acids is 1. The minimum atomic E-state index is -0.369. The van der Waals surface area contributed by atoms with Crippen LogP contribution in [0.4, 0.5) is 0 Å². The summed E-state index contributed by atoms with van der Waals surface area (Å²) in [7, 11) is 0. The van der Waals surface area contributed by atoms with Crippen LogP contribution in [0, 0.1) is 4.77 Å². The molecule has 0 radical (unpaired) electrons. The lowest BCUT2D eigenvalue weighted by molar-refractivity contribution is -0.118. The Kier molecular flexibility index (Phi) is 3.52. The van der Waals surface area contributed by atoms with Gasteiger partial charge in [-0.05, 0) is 31.3 Å². The molecule has 1 unspecified atom stereocenters. The summed E-state index contributed by atoms with van der Waals surface area (Å²) in [6.07, 6.45) is 3.57. The van der Waals surface area contributed by atoms with Gasteiger partial charge in [0.05, 0.1) is 0 Å². The second-order valence-corrected chi connectivity index (χ2v) is 4.36. The summed E-state index contributed by atoms with van der Waals surface area (Å²) in [6.45, 7) is 1.88. The van der Waals surface area contributed by atoms with Crippen molar-refractivity contribution in [3.05, 3.63) is 29.3 Å².